The number of hydrogen-bond acceptors (Lipinski definition) is 3. The fourth-order valence-corrected chi connectivity index (χ4v) is 2.50. The number of aromatic nitrogens is 2. The molecule has 0 radical (unpaired) electrons. The first-order valence-electron chi connectivity index (χ1n) is 6.70. The zero-order chi connectivity index (χ0) is 13.4. The highest BCUT2D eigenvalue weighted by atomic mass is 16.2. The van der Waals surface area contributed by atoms with Gasteiger partial charge >= 0.3 is 0 Å². The van der Waals surface area contributed by atoms with Gasteiger partial charge in [0.25, 0.3) is 0 Å². The molecule has 19 heavy (non-hydrogen) atoms. The first-order chi connectivity index (χ1) is 9.13. The van der Waals surface area contributed by atoms with Crippen molar-refractivity contribution in [3.05, 3.63) is 18.0 Å². The predicted molar refractivity (Wildman–Crippen MR) is 67.9 cm³/mol. The molecular weight excluding hydrogens is 244 g/mol. The molecule has 1 aliphatic carbocycles. The van der Waals surface area contributed by atoms with E-state index in [1.54, 1.807) is 9.58 Å². The van der Waals surface area contributed by atoms with Crippen LogP contribution in [0.2, 0.25) is 0 Å². The van der Waals surface area contributed by atoms with Gasteiger partial charge in [0.15, 0.2) is 0 Å². The van der Waals surface area contributed by atoms with E-state index in [0.717, 1.165) is 18.5 Å². The number of carbonyl (C=O) groups excluding carboxylic acids is 2. The van der Waals surface area contributed by atoms with Crippen LogP contribution >= 0.6 is 0 Å². The van der Waals surface area contributed by atoms with Crippen LogP contribution in [0.5, 0.6) is 0 Å². The number of rotatable bonds is 3. The molecule has 2 aliphatic rings. The van der Waals surface area contributed by atoms with Crippen LogP contribution in [0.25, 0.3) is 0 Å². The second-order valence-electron chi connectivity index (χ2n) is 5.37. The van der Waals surface area contributed by atoms with Crippen LogP contribution in [0, 0.1) is 5.92 Å². The molecule has 1 aromatic rings. The minimum absolute atomic E-state index is 0.0197. The molecule has 0 spiro atoms. The second-order valence-corrected chi connectivity index (χ2v) is 5.37. The number of aryl methyl sites for hydroxylation is 1. The summed E-state index contributed by atoms with van der Waals surface area (Å²) in [7, 11) is 1.85. The van der Waals surface area contributed by atoms with Gasteiger partial charge < -0.3 is 10.2 Å². The average molecular weight is 262 g/mol. The molecule has 1 aromatic heterocycles. The van der Waals surface area contributed by atoms with Gasteiger partial charge in [0.1, 0.15) is 6.04 Å². The Labute approximate surface area is 111 Å². The van der Waals surface area contributed by atoms with Crippen LogP contribution in [0.4, 0.5) is 0 Å². The largest absolute Gasteiger partial charge is 0.344 e. The first-order valence-corrected chi connectivity index (χ1v) is 6.70. The SMILES string of the molecule is Cn1ccc(CN2CCC(=O)NC(C3CC3)C2=O)n1. The summed E-state index contributed by atoms with van der Waals surface area (Å²) in [5, 5.41) is 7.15. The topological polar surface area (TPSA) is 67.2 Å². The molecule has 6 nitrogen and oxygen atoms in total. The fraction of sp³-hybridized carbons (Fsp3) is 0.615. The molecule has 1 saturated carbocycles. The van der Waals surface area contributed by atoms with Gasteiger partial charge in [0.05, 0.1) is 12.2 Å². The quantitative estimate of drug-likeness (QED) is 0.837. The van der Waals surface area contributed by atoms with Crippen LogP contribution < -0.4 is 5.32 Å². The van der Waals surface area contributed by atoms with Crippen molar-refractivity contribution in [2.45, 2.75) is 31.8 Å². The van der Waals surface area contributed by atoms with E-state index >= 15 is 0 Å². The lowest BCUT2D eigenvalue weighted by Crippen LogP contribution is -2.45. The fourth-order valence-electron chi connectivity index (χ4n) is 2.50. The Morgan fingerprint density at radius 3 is 2.84 bits per heavy atom. The lowest BCUT2D eigenvalue weighted by molar-refractivity contribution is -0.134. The molecule has 1 N–H and O–H groups in total. The predicted octanol–water partition coefficient (Wildman–Crippen LogP) is 0.0472. The molecule has 0 aromatic carbocycles. The molecule has 6 heteroatoms. The number of nitrogens with one attached hydrogen (secondary N) is 1. The van der Waals surface area contributed by atoms with E-state index in [-0.39, 0.29) is 17.9 Å². The zero-order valence-electron chi connectivity index (χ0n) is 11.0. The first kappa shape index (κ1) is 12.2. The molecule has 1 saturated heterocycles. The van der Waals surface area contributed by atoms with Crippen molar-refractivity contribution in [2.75, 3.05) is 6.54 Å². The molecule has 102 valence electrons. The lowest BCUT2D eigenvalue weighted by atomic mass is 10.1. The number of carbonyl (C=O) groups is 2. The molecule has 1 aliphatic heterocycles. The van der Waals surface area contributed by atoms with Crippen LogP contribution in [0.15, 0.2) is 12.3 Å². The monoisotopic (exact) mass is 262 g/mol. The average Bonchev–Trinajstić information content (AvgIpc) is 3.14. The lowest BCUT2D eigenvalue weighted by Gasteiger charge is -2.23. The molecule has 1 unspecified atom stereocenters. The maximum Gasteiger partial charge on any atom is 0.245 e. The standard InChI is InChI=1S/C13H18N4O2/c1-16-6-4-10(15-16)8-17-7-5-11(18)14-12(13(17)19)9-2-3-9/h4,6,9,12H,2-3,5,7-8H2,1H3,(H,14,18). The van der Waals surface area contributed by atoms with Crippen molar-refractivity contribution in [2.24, 2.45) is 13.0 Å². The Morgan fingerprint density at radius 1 is 1.42 bits per heavy atom. The maximum absolute atomic E-state index is 12.5. The molecule has 3 rings (SSSR count). The van der Waals surface area contributed by atoms with E-state index in [1.807, 2.05) is 19.3 Å². The Bertz CT molecular complexity index is 506. The van der Waals surface area contributed by atoms with E-state index in [1.165, 1.54) is 0 Å². The van der Waals surface area contributed by atoms with Crippen LogP contribution in [-0.2, 0) is 23.2 Å². The van der Waals surface area contributed by atoms with Crippen molar-refractivity contribution < 1.29 is 9.59 Å². The van der Waals surface area contributed by atoms with E-state index in [4.69, 9.17) is 0 Å². The third kappa shape index (κ3) is 2.62. The number of amides is 2. The summed E-state index contributed by atoms with van der Waals surface area (Å²) >= 11 is 0. The minimum atomic E-state index is -0.321. The van der Waals surface area contributed by atoms with Gasteiger partial charge in [0.2, 0.25) is 11.8 Å². The van der Waals surface area contributed by atoms with Gasteiger partial charge in [-0.2, -0.15) is 5.10 Å². The number of nitrogens with zero attached hydrogens (tertiary/aromatic N) is 3. The Morgan fingerprint density at radius 2 is 2.21 bits per heavy atom. The van der Waals surface area contributed by atoms with Gasteiger partial charge in [0, 0.05) is 26.2 Å². The minimum Gasteiger partial charge on any atom is -0.344 e. The highest BCUT2D eigenvalue weighted by Gasteiger charge is 2.40. The molecule has 2 fully saturated rings. The van der Waals surface area contributed by atoms with Gasteiger partial charge in [-0.15, -0.1) is 0 Å². The van der Waals surface area contributed by atoms with Crippen molar-refractivity contribution in [3.63, 3.8) is 0 Å². The molecule has 1 atom stereocenters. The summed E-state index contributed by atoms with van der Waals surface area (Å²) in [5.41, 5.74) is 0.861. The van der Waals surface area contributed by atoms with Crippen molar-refractivity contribution in [3.8, 4) is 0 Å². The smallest absolute Gasteiger partial charge is 0.245 e. The maximum atomic E-state index is 12.5. The summed E-state index contributed by atoms with van der Waals surface area (Å²) in [6.07, 6.45) is 4.31. The van der Waals surface area contributed by atoms with Crippen molar-refractivity contribution in [1.29, 1.82) is 0 Å². The summed E-state index contributed by atoms with van der Waals surface area (Å²) in [6, 6.07) is 1.58. The van der Waals surface area contributed by atoms with E-state index < -0.39 is 0 Å². The Kier molecular flexibility index (Phi) is 3.00. The molecule has 2 heterocycles. The van der Waals surface area contributed by atoms with Crippen LogP contribution in [0.1, 0.15) is 25.0 Å². The highest BCUT2D eigenvalue weighted by Crippen LogP contribution is 2.34. The van der Waals surface area contributed by atoms with E-state index in [0.29, 0.717) is 25.4 Å². The van der Waals surface area contributed by atoms with E-state index in [9.17, 15) is 9.59 Å². The van der Waals surface area contributed by atoms with Gasteiger partial charge in [-0.25, -0.2) is 0 Å². The zero-order valence-corrected chi connectivity index (χ0v) is 11.0. The second kappa shape index (κ2) is 4.68. The van der Waals surface area contributed by atoms with Crippen molar-refractivity contribution >= 4 is 11.8 Å². The third-order valence-corrected chi connectivity index (χ3v) is 3.72. The summed E-state index contributed by atoms with van der Waals surface area (Å²) < 4.78 is 1.72. The van der Waals surface area contributed by atoms with E-state index in [2.05, 4.69) is 10.4 Å². The summed E-state index contributed by atoms with van der Waals surface area (Å²) in [4.78, 5) is 25.9. The molecule has 0 bridgehead atoms. The number of hydrogen-bond donors (Lipinski definition) is 1. The van der Waals surface area contributed by atoms with Gasteiger partial charge in [-0.05, 0) is 24.8 Å². The van der Waals surface area contributed by atoms with Crippen LogP contribution in [0.3, 0.4) is 0 Å². The molecule has 2 amide bonds. The van der Waals surface area contributed by atoms with Gasteiger partial charge in [-0.3, -0.25) is 14.3 Å². The molecular formula is C13H18N4O2. The summed E-state index contributed by atoms with van der Waals surface area (Å²) in [5.74, 6) is 0.355. The highest BCUT2D eigenvalue weighted by molar-refractivity contribution is 5.90. The van der Waals surface area contributed by atoms with Crippen LogP contribution in [-0.4, -0.2) is 39.1 Å². The normalized spacial score (nSPS) is 24.3. The van der Waals surface area contributed by atoms with Crippen molar-refractivity contribution in [1.82, 2.24) is 20.0 Å². The summed E-state index contributed by atoms with van der Waals surface area (Å²) in [6.45, 7) is 0.961. The third-order valence-electron chi connectivity index (χ3n) is 3.72. The Balaban J connectivity index is 1.75. The van der Waals surface area contributed by atoms with Gasteiger partial charge in [-0.1, -0.05) is 0 Å². The Hall–Kier alpha value is -1.85.